The lowest BCUT2D eigenvalue weighted by molar-refractivity contribution is 0.472. The Kier molecular flexibility index (Phi) is 2.10. The van der Waals surface area contributed by atoms with E-state index >= 15 is 0 Å². The van der Waals surface area contributed by atoms with E-state index in [-0.39, 0.29) is 5.54 Å². The fraction of sp³-hybridized carbons (Fsp3) is 0.571. The topological polar surface area (TPSA) is 26.0 Å². The first-order valence-electron chi connectivity index (χ1n) is 6.13. The molecule has 0 radical (unpaired) electrons. The Morgan fingerprint density at radius 2 is 1.80 bits per heavy atom. The number of rotatable bonds is 3. The van der Waals surface area contributed by atoms with Crippen LogP contribution in [0.3, 0.4) is 0 Å². The Labute approximate surface area is 91.7 Å². The summed E-state index contributed by atoms with van der Waals surface area (Å²) in [7, 11) is 0. The van der Waals surface area contributed by atoms with Crippen LogP contribution in [0.25, 0.3) is 0 Å². The molecule has 0 bridgehead atoms. The molecule has 2 atom stereocenters. The number of nitrogens with two attached hydrogens (primary N) is 1. The van der Waals surface area contributed by atoms with Crippen LogP contribution in [0.4, 0.5) is 0 Å². The van der Waals surface area contributed by atoms with Crippen molar-refractivity contribution in [2.24, 2.45) is 17.6 Å². The summed E-state index contributed by atoms with van der Waals surface area (Å²) in [6, 6.07) is 10.7. The van der Waals surface area contributed by atoms with Crippen LogP contribution in [0.1, 0.15) is 31.2 Å². The van der Waals surface area contributed by atoms with Gasteiger partial charge in [-0.1, -0.05) is 36.8 Å². The summed E-state index contributed by atoms with van der Waals surface area (Å²) < 4.78 is 0. The molecule has 2 saturated carbocycles. The fourth-order valence-corrected chi connectivity index (χ4v) is 3.50. The average Bonchev–Trinajstić information content (AvgIpc) is 2.71. The van der Waals surface area contributed by atoms with E-state index in [2.05, 4.69) is 30.3 Å². The van der Waals surface area contributed by atoms with E-state index in [1.165, 1.54) is 31.2 Å². The van der Waals surface area contributed by atoms with E-state index in [9.17, 15) is 0 Å². The number of fused-ring (bicyclic) bond motifs is 1. The molecular weight excluding hydrogens is 182 g/mol. The average molecular weight is 201 g/mol. The third-order valence-corrected chi connectivity index (χ3v) is 4.48. The minimum absolute atomic E-state index is 0.216. The first-order valence-corrected chi connectivity index (χ1v) is 6.13. The highest BCUT2D eigenvalue weighted by Gasteiger charge is 2.62. The van der Waals surface area contributed by atoms with Crippen LogP contribution >= 0.6 is 0 Å². The van der Waals surface area contributed by atoms with Gasteiger partial charge in [-0.2, -0.15) is 0 Å². The Hall–Kier alpha value is -0.820. The summed E-state index contributed by atoms with van der Waals surface area (Å²) in [5, 5.41) is 0. The van der Waals surface area contributed by atoms with Gasteiger partial charge >= 0.3 is 0 Å². The SMILES string of the molecule is NC1(CCc2ccccc2)C2CCCC21. The highest BCUT2D eigenvalue weighted by molar-refractivity contribution is 5.21. The zero-order valence-electron chi connectivity index (χ0n) is 9.15. The van der Waals surface area contributed by atoms with Crippen molar-refractivity contribution in [2.75, 3.05) is 0 Å². The van der Waals surface area contributed by atoms with Crippen molar-refractivity contribution in [3.8, 4) is 0 Å². The van der Waals surface area contributed by atoms with E-state index < -0.39 is 0 Å². The van der Waals surface area contributed by atoms with Crippen LogP contribution in [0, 0.1) is 11.8 Å². The second-order valence-electron chi connectivity index (χ2n) is 5.24. The van der Waals surface area contributed by atoms with E-state index in [0.717, 1.165) is 18.3 Å². The number of hydrogen-bond donors (Lipinski definition) is 1. The maximum absolute atomic E-state index is 6.44. The maximum Gasteiger partial charge on any atom is 0.0221 e. The van der Waals surface area contributed by atoms with Gasteiger partial charge in [0.2, 0.25) is 0 Å². The molecule has 0 saturated heterocycles. The zero-order valence-corrected chi connectivity index (χ0v) is 9.15. The quantitative estimate of drug-likeness (QED) is 0.799. The highest BCUT2D eigenvalue weighted by Crippen LogP contribution is 2.60. The lowest BCUT2D eigenvalue weighted by atomic mass is 9.97. The normalized spacial score (nSPS) is 37.7. The van der Waals surface area contributed by atoms with Gasteiger partial charge in [0, 0.05) is 5.54 Å². The molecule has 0 amide bonds. The second-order valence-corrected chi connectivity index (χ2v) is 5.24. The van der Waals surface area contributed by atoms with Crippen LogP contribution < -0.4 is 5.73 Å². The summed E-state index contributed by atoms with van der Waals surface area (Å²) in [4.78, 5) is 0. The third-order valence-electron chi connectivity index (χ3n) is 4.48. The molecule has 2 fully saturated rings. The smallest absolute Gasteiger partial charge is 0.0221 e. The first kappa shape index (κ1) is 9.41. The van der Waals surface area contributed by atoms with E-state index in [4.69, 9.17) is 5.73 Å². The van der Waals surface area contributed by atoms with Gasteiger partial charge in [-0.3, -0.25) is 0 Å². The molecule has 0 aromatic heterocycles. The van der Waals surface area contributed by atoms with Crippen molar-refractivity contribution in [2.45, 2.75) is 37.6 Å². The van der Waals surface area contributed by atoms with Gasteiger partial charge in [0.1, 0.15) is 0 Å². The molecule has 3 rings (SSSR count). The molecule has 0 heterocycles. The summed E-state index contributed by atoms with van der Waals surface area (Å²) in [6.07, 6.45) is 6.53. The predicted molar refractivity (Wildman–Crippen MR) is 62.5 cm³/mol. The van der Waals surface area contributed by atoms with Gasteiger partial charge < -0.3 is 5.73 Å². The van der Waals surface area contributed by atoms with Crippen molar-refractivity contribution in [3.05, 3.63) is 35.9 Å². The highest BCUT2D eigenvalue weighted by atomic mass is 14.9. The number of aryl methyl sites for hydroxylation is 1. The van der Waals surface area contributed by atoms with Crippen LogP contribution in [0.2, 0.25) is 0 Å². The lowest BCUT2D eigenvalue weighted by Crippen LogP contribution is -2.29. The van der Waals surface area contributed by atoms with Crippen molar-refractivity contribution < 1.29 is 0 Å². The van der Waals surface area contributed by atoms with Gasteiger partial charge in [-0.15, -0.1) is 0 Å². The number of benzene rings is 1. The van der Waals surface area contributed by atoms with Crippen LogP contribution in [0.15, 0.2) is 30.3 Å². The van der Waals surface area contributed by atoms with Crippen molar-refractivity contribution in [3.63, 3.8) is 0 Å². The molecule has 80 valence electrons. The van der Waals surface area contributed by atoms with E-state index in [0.29, 0.717) is 0 Å². The standard InChI is InChI=1S/C14H19N/c15-14(12-7-4-8-13(12)14)10-9-11-5-2-1-3-6-11/h1-3,5-6,12-13H,4,7-10,15H2. The molecule has 2 aliphatic rings. The fourth-order valence-electron chi connectivity index (χ4n) is 3.50. The summed E-state index contributed by atoms with van der Waals surface area (Å²) in [5.74, 6) is 1.72. The molecule has 1 heteroatoms. The molecular formula is C14H19N. The monoisotopic (exact) mass is 201 g/mol. The summed E-state index contributed by atoms with van der Waals surface area (Å²) in [6.45, 7) is 0. The van der Waals surface area contributed by atoms with Gasteiger partial charge in [0.05, 0.1) is 0 Å². The first-order chi connectivity index (χ1) is 7.31. The molecule has 1 aromatic rings. The minimum atomic E-state index is 0.216. The van der Waals surface area contributed by atoms with Gasteiger partial charge in [0.25, 0.3) is 0 Å². The van der Waals surface area contributed by atoms with E-state index in [1.807, 2.05) is 0 Å². The lowest BCUT2D eigenvalue weighted by Gasteiger charge is -2.14. The Morgan fingerprint density at radius 1 is 1.13 bits per heavy atom. The van der Waals surface area contributed by atoms with Gasteiger partial charge in [-0.25, -0.2) is 0 Å². The molecule has 15 heavy (non-hydrogen) atoms. The minimum Gasteiger partial charge on any atom is -0.325 e. The van der Waals surface area contributed by atoms with Crippen molar-refractivity contribution >= 4 is 0 Å². The van der Waals surface area contributed by atoms with Gasteiger partial charge in [-0.05, 0) is 43.1 Å². The van der Waals surface area contributed by atoms with Crippen LogP contribution in [0.5, 0.6) is 0 Å². The van der Waals surface area contributed by atoms with Crippen molar-refractivity contribution in [1.82, 2.24) is 0 Å². The molecule has 2 unspecified atom stereocenters. The molecule has 0 aliphatic heterocycles. The van der Waals surface area contributed by atoms with Crippen molar-refractivity contribution in [1.29, 1.82) is 0 Å². The molecule has 2 N–H and O–H groups in total. The number of hydrogen-bond acceptors (Lipinski definition) is 1. The second kappa shape index (κ2) is 3.34. The summed E-state index contributed by atoms with van der Waals surface area (Å²) in [5.41, 5.74) is 8.10. The van der Waals surface area contributed by atoms with Crippen LogP contribution in [-0.2, 0) is 6.42 Å². The Morgan fingerprint density at radius 3 is 2.47 bits per heavy atom. The molecule has 1 nitrogen and oxygen atoms in total. The Bertz CT molecular complexity index is 334. The maximum atomic E-state index is 6.44. The summed E-state index contributed by atoms with van der Waals surface area (Å²) >= 11 is 0. The third kappa shape index (κ3) is 1.50. The molecule has 2 aliphatic carbocycles. The zero-order chi connectivity index (χ0) is 10.3. The van der Waals surface area contributed by atoms with Gasteiger partial charge in [0.15, 0.2) is 0 Å². The molecule has 1 aromatic carbocycles. The van der Waals surface area contributed by atoms with Crippen LogP contribution in [-0.4, -0.2) is 5.54 Å². The Balaban J connectivity index is 1.60. The largest absolute Gasteiger partial charge is 0.325 e. The molecule has 0 spiro atoms. The predicted octanol–water partition coefficient (Wildman–Crippen LogP) is 2.75. The van der Waals surface area contributed by atoms with E-state index in [1.54, 1.807) is 0 Å².